The average Bonchev–Trinajstić information content (AvgIpc) is 2.87. The van der Waals surface area contributed by atoms with Gasteiger partial charge in [0.25, 0.3) is 11.6 Å². The van der Waals surface area contributed by atoms with E-state index in [1.165, 1.54) is 32.4 Å². The van der Waals surface area contributed by atoms with E-state index in [1.807, 2.05) is 30.3 Å². The number of carbonyl (C=O) groups excluding carboxylic acids is 1. The Labute approximate surface area is 209 Å². The van der Waals surface area contributed by atoms with Crippen LogP contribution in [-0.2, 0) is 11.4 Å². The minimum Gasteiger partial charge on any atom is -0.495 e. The molecule has 0 aromatic heterocycles. The summed E-state index contributed by atoms with van der Waals surface area (Å²) in [5.74, 6) is 0.391. The Morgan fingerprint density at radius 1 is 1.06 bits per heavy atom. The summed E-state index contributed by atoms with van der Waals surface area (Å²) in [6.45, 7) is 0.329. The summed E-state index contributed by atoms with van der Waals surface area (Å²) in [4.78, 5) is 23.2. The quantitative estimate of drug-likeness (QED) is 0.165. The van der Waals surface area contributed by atoms with Crippen LogP contribution in [0.1, 0.15) is 11.1 Å². The van der Waals surface area contributed by atoms with Gasteiger partial charge in [-0.3, -0.25) is 14.9 Å². The number of rotatable bonds is 9. The largest absolute Gasteiger partial charge is 0.495 e. The van der Waals surface area contributed by atoms with Gasteiger partial charge in [-0.1, -0.05) is 34.1 Å². The summed E-state index contributed by atoms with van der Waals surface area (Å²) in [6, 6.07) is 18.3. The average molecular weight is 538 g/mol. The van der Waals surface area contributed by atoms with Crippen LogP contribution < -0.4 is 19.5 Å². The maximum Gasteiger partial charge on any atom is 0.271 e. The molecule has 0 bridgehead atoms. The summed E-state index contributed by atoms with van der Waals surface area (Å²) >= 11 is 3.39. The van der Waals surface area contributed by atoms with Crippen molar-refractivity contribution in [3.8, 4) is 23.3 Å². The molecule has 0 spiro atoms. The number of nitriles is 1. The first-order chi connectivity index (χ1) is 16.8. The van der Waals surface area contributed by atoms with Gasteiger partial charge in [-0.05, 0) is 47.5 Å². The molecule has 0 heterocycles. The van der Waals surface area contributed by atoms with Crippen LogP contribution >= 0.6 is 15.9 Å². The van der Waals surface area contributed by atoms with Crippen LogP contribution in [0.25, 0.3) is 6.08 Å². The lowest BCUT2D eigenvalue weighted by Crippen LogP contribution is -2.14. The van der Waals surface area contributed by atoms with Gasteiger partial charge in [-0.2, -0.15) is 5.26 Å². The number of amides is 1. The number of ether oxygens (including phenoxy) is 3. The van der Waals surface area contributed by atoms with Crippen molar-refractivity contribution in [2.45, 2.75) is 6.61 Å². The van der Waals surface area contributed by atoms with Crippen molar-refractivity contribution in [1.82, 2.24) is 0 Å². The van der Waals surface area contributed by atoms with E-state index in [4.69, 9.17) is 14.2 Å². The molecule has 0 saturated heterocycles. The first-order valence-corrected chi connectivity index (χ1v) is 10.9. The zero-order valence-electron chi connectivity index (χ0n) is 18.8. The SMILES string of the molecule is COc1ccc([N+](=O)[O-])cc1NC(=O)/C(C#N)=C/c1ccc(OCc2ccc(Br)cc2)c(OC)c1. The highest BCUT2D eigenvalue weighted by atomic mass is 79.9. The first kappa shape index (κ1) is 25.3. The number of nitrogens with one attached hydrogen (secondary N) is 1. The third-order valence-corrected chi connectivity index (χ3v) is 5.34. The van der Waals surface area contributed by atoms with Crippen molar-refractivity contribution in [3.63, 3.8) is 0 Å². The molecule has 3 rings (SSSR count). The Morgan fingerprint density at radius 2 is 1.74 bits per heavy atom. The number of nitrogens with zero attached hydrogens (tertiary/aromatic N) is 2. The predicted octanol–water partition coefficient (Wildman–Crippen LogP) is 5.50. The number of anilines is 1. The number of benzene rings is 3. The van der Waals surface area contributed by atoms with Gasteiger partial charge in [-0.25, -0.2) is 0 Å². The van der Waals surface area contributed by atoms with Gasteiger partial charge in [-0.15, -0.1) is 0 Å². The molecule has 3 aromatic carbocycles. The molecule has 10 heteroatoms. The van der Waals surface area contributed by atoms with E-state index in [0.29, 0.717) is 23.7 Å². The summed E-state index contributed by atoms with van der Waals surface area (Å²) in [6.07, 6.45) is 1.38. The van der Waals surface area contributed by atoms with E-state index < -0.39 is 10.8 Å². The molecule has 3 aromatic rings. The van der Waals surface area contributed by atoms with Gasteiger partial charge < -0.3 is 19.5 Å². The molecule has 0 aliphatic heterocycles. The van der Waals surface area contributed by atoms with Gasteiger partial charge in [0.15, 0.2) is 11.5 Å². The molecule has 1 amide bonds. The minimum atomic E-state index is -0.749. The van der Waals surface area contributed by atoms with Crippen molar-refractivity contribution in [3.05, 3.63) is 92.0 Å². The molecule has 0 atom stereocenters. The number of hydrogen-bond donors (Lipinski definition) is 1. The number of methoxy groups -OCH3 is 2. The Bertz CT molecular complexity index is 1320. The first-order valence-electron chi connectivity index (χ1n) is 10.2. The third kappa shape index (κ3) is 6.59. The fourth-order valence-electron chi connectivity index (χ4n) is 3.05. The van der Waals surface area contributed by atoms with Gasteiger partial charge in [0.2, 0.25) is 0 Å². The monoisotopic (exact) mass is 537 g/mol. The molecule has 1 N–H and O–H groups in total. The highest BCUT2D eigenvalue weighted by Gasteiger charge is 2.17. The van der Waals surface area contributed by atoms with Crippen molar-refractivity contribution < 1.29 is 23.9 Å². The number of nitro benzene ring substituents is 1. The fourth-order valence-corrected chi connectivity index (χ4v) is 3.31. The van der Waals surface area contributed by atoms with Crippen LogP contribution in [-0.4, -0.2) is 25.1 Å². The van der Waals surface area contributed by atoms with Crippen molar-refractivity contribution in [2.24, 2.45) is 0 Å². The summed E-state index contributed by atoms with van der Waals surface area (Å²) in [5.41, 5.74) is 1.12. The summed E-state index contributed by atoms with van der Waals surface area (Å²) < 4.78 is 17.4. The minimum absolute atomic E-state index is 0.0714. The zero-order chi connectivity index (χ0) is 25.4. The Balaban J connectivity index is 1.79. The van der Waals surface area contributed by atoms with Gasteiger partial charge >= 0.3 is 0 Å². The van der Waals surface area contributed by atoms with Gasteiger partial charge in [0.1, 0.15) is 24.0 Å². The molecule has 0 fully saturated rings. The second kappa shape index (κ2) is 11.7. The van der Waals surface area contributed by atoms with Crippen LogP contribution in [0.5, 0.6) is 17.2 Å². The second-order valence-corrected chi connectivity index (χ2v) is 8.01. The van der Waals surface area contributed by atoms with Crippen LogP contribution in [0, 0.1) is 21.4 Å². The van der Waals surface area contributed by atoms with Gasteiger partial charge in [0, 0.05) is 16.6 Å². The smallest absolute Gasteiger partial charge is 0.271 e. The zero-order valence-corrected chi connectivity index (χ0v) is 20.4. The Kier molecular flexibility index (Phi) is 8.43. The molecule has 0 saturated carbocycles. The molecule has 0 aliphatic rings. The van der Waals surface area contributed by atoms with E-state index in [-0.39, 0.29) is 22.7 Å². The standard InChI is InChI=1S/C25H20BrN3O6/c1-33-22-10-8-20(29(31)32)13-21(22)28-25(30)18(14-27)11-17-5-9-23(24(12-17)34-2)35-15-16-3-6-19(26)7-4-16/h3-13H,15H2,1-2H3,(H,28,30)/b18-11+. The highest BCUT2D eigenvalue weighted by Crippen LogP contribution is 2.31. The third-order valence-electron chi connectivity index (χ3n) is 4.81. The van der Waals surface area contributed by atoms with Crippen molar-refractivity contribution in [1.29, 1.82) is 5.26 Å². The van der Waals surface area contributed by atoms with Crippen LogP contribution in [0.3, 0.4) is 0 Å². The Hall–Kier alpha value is -4.36. The van der Waals surface area contributed by atoms with E-state index in [1.54, 1.807) is 18.2 Å². The number of halogens is 1. The molecule has 178 valence electrons. The maximum atomic E-state index is 12.7. The van der Waals surface area contributed by atoms with Crippen molar-refractivity contribution >= 4 is 39.3 Å². The van der Waals surface area contributed by atoms with E-state index >= 15 is 0 Å². The van der Waals surface area contributed by atoms with Crippen LogP contribution in [0.4, 0.5) is 11.4 Å². The van der Waals surface area contributed by atoms with Crippen LogP contribution in [0.15, 0.2) is 70.7 Å². The van der Waals surface area contributed by atoms with E-state index in [9.17, 15) is 20.2 Å². The number of non-ortho nitro benzene ring substituents is 1. The molecule has 0 radical (unpaired) electrons. The lowest BCUT2D eigenvalue weighted by Gasteiger charge is -2.12. The number of carbonyl (C=O) groups is 1. The molecule has 0 unspecified atom stereocenters. The van der Waals surface area contributed by atoms with Gasteiger partial charge in [0.05, 0.1) is 24.8 Å². The highest BCUT2D eigenvalue weighted by molar-refractivity contribution is 9.10. The molecular formula is C25H20BrN3O6. The summed E-state index contributed by atoms with van der Waals surface area (Å²) in [5, 5.41) is 23.1. The predicted molar refractivity (Wildman–Crippen MR) is 133 cm³/mol. The number of hydrogen-bond acceptors (Lipinski definition) is 7. The molecule has 0 aliphatic carbocycles. The topological polar surface area (TPSA) is 124 Å². The molecular weight excluding hydrogens is 518 g/mol. The second-order valence-electron chi connectivity index (χ2n) is 7.09. The Morgan fingerprint density at radius 3 is 2.37 bits per heavy atom. The lowest BCUT2D eigenvalue weighted by atomic mass is 10.1. The van der Waals surface area contributed by atoms with E-state index in [0.717, 1.165) is 16.1 Å². The normalized spacial score (nSPS) is 10.7. The van der Waals surface area contributed by atoms with Crippen LogP contribution in [0.2, 0.25) is 0 Å². The fraction of sp³-hybridized carbons (Fsp3) is 0.120. The lowest BCUT2D eigenvalue weighted by molar-refractivity contribution is -0.384. The number of nitro groups is 1. The summed E-state index contributed by atoms with van der Waals surface area (Å²) in [7, 11) is 2.85. The molecule has 9 nitrogen and oxygen atoms in total. The van der Waals surface area contributed by atoms with E-state index in [2.05, 4.69) is 21.2 Å². The van der Waals surface area contributed by atoms with Crippen molar-refractivity contribution in [2.75, 3.05) is 19.5 Å². The molecule has 35 heavy (non-hydrogen) atoms. The maximum absolute atomic E-state index is 12.7.